The van der Waals surface area contributed by atoms with Crippen molar-refractivity contribution in [3.05, 3.63) is 34.9 Å². The fourth-order valence-corrected chi connectivity index (χ4v) is 2.14. The molecule has 0 amide bonds. The Kier molecular flexibility index (Phi) is 7.25. The Balaban J connectivity index is 2.21. The number of unbranched alkanes of at least 4 members (excludes halogenated alkanes) is 3. The van der Waals surface area contributed by atoms with E-state index in [4.69, 9.17) is 16.7 Å². The van der Waals surface area contributed by atoms with E-state index >= 15 is 0 Å². The van der Waals surface area contributed by atoms with Gasteiger partial charge in [-0.3, -0.25) is 0 Å². The molecule has 2 N–H and O–H groups in total. The summed E-state index contributed by atoms with van der Waals surface area (Å²) in [6.07, 6.45) is 4.34. The van der Waals surface area contributed by atoms with Crippen molar-refractivity contribution in [3.8, 4) is 0 Å². The highest BCUT2D eigenvalue weighted by atomic mass is 35.5. The second-order valence-electron chi connectivity index (χ2n) is 4.34. The maximum atomic E-state index is 8.66. The number of hydrogen-bond acceptors (Lipinski definition) is 2. The van der Waals surface area contributed by atoms with E-state index in [9.17, 15) is 0 Å². The summed E-state index contributed by atoms with van der Waals surface area (Å²) in [6.45, 7) is 3.44. The summed E-state index contributed by atoms with van der Waals surface area (Å²) in [5.74, 6) is 0. The Morgan fingerprint density at radius 2 is 1.88 bits per heavy atom. The largest absolute Gasteiger partial charge is 0.396 e. The van der Waals surface area contributed by atoms with Crippen LogP contribution >= 0.6 is 11.6 Å². The molecule has 0 aliphatic rings. The van der Waals surface area contributed by atoms with Gasteiger partial charge >= 0.3 is 0 Å². The first-order chi connectivity index (χ1) is 8.25. The third kappa shape index (κ3) is 5.53. The van der Waals surface area contributed by atoms with E-state index in [-0.39, 0.29) is 0 Å². The van der Waals surface area contributed by atoms with Crippen molar-refractivity contribution in [2.24, 2.45) is 0 Å². The van der Waals surface area contributed by atoms with Gasteiger partial charge in [0.15, 0.2) is 0 Å². The van der Waals surface area contributed by atoms with Gasteiger partial charge in [-0.15, -0.1) is 0 Å². The van der Waals surface area contributed by atoms with Gasteiger partial charge in [0.25, 0.3) is 0 Å². The smallest absolute Gasteiger partial charge is 0.0453 e. The minimum absolute atomic E-state index is 0.293. The van der Waals surface area contributed by atoms with Gasteiger partial charge in [-0.25, -0.2) is 0 Å². The lowest BCUT2D eigenvalue weighted by molar-refractivity contribution is 0.282. The van der Waals surface area contributed by atoms with Crippen LogP contribution in [0.3, 0.4) is 0 Å². The van der Waals surface area contributed by atoms with Gasteiger partial charge in [0.1, 0.15) is 0 Å². The molecule has 96 valence electrons. The molecule has 0 aliphatic carbocycles. The number of aliphatic hydroxyl groups excluding tert-OH is 1. The Labute approximate surface area is 109 Å². The number of nitrogens with one attached hydrogen (secondary N) is 1. The van der Waals surface area contributed by atoms with Crippen molar-refractivity contribution >= 4 is 11.6 Å². The summed E-state index contributed by atoms with van der Waals surface area (Å²) in [4.78, 5) is 0. The molecule has 0 radical (unpaired) electrons. The summed E-state index contributed by atoms with van der Waals surface area (Å²) >= 11 is 6.13. The molecule has 0 aliphatic heterocycles. The highest BCUT2D eigenvalue weighted by Crippen LogP contribution is 2.21. The molecule has 3 heteroatoms. The van der Waals surface area contributed by atoms with E-state index < -0.39 is 0 Å². The molecule has 1 atom stereocenters. The van der Waals surface area contributed by atoms with Gasteiger partial charge in [-0.1, -0.05) is 42.6 Å². The average molecular weight is 256 g/mol. The lowest BCUT2D eigenvalue weighted by atomic mass is 10.1. The van der Waals surface area contributed by atoms with Crippen LogP contribution in [0.15, 0.2) is 24.3 Å². The average Bonchev–Trinajstić information content (AvgIpc) is 2.34. The van der Waals surface area contributed by atoms with Crippen molar-refractivity contribution in [2.75, 3.05) is 13.2 Å². The Morgan fingerprint density at radius 3 is 2.59 bits per heavy atom. The maximum Gasteiger partial charge on any atom is 0.0453 e. The third-order valence-corrected chi connectivity index (χ3v) is 3.25. The highest BCUT2D eigenvalue weighted by molar-refractivity contribution is 6.31. The highest BCUT2D eigenvalue weighted by Gasteiger charge is 2.07. The van der Waals surface area contributed by atoms with Crippen molar-refractivity contribution in [2.45, 2.75) is 38.6 Å². The zero-order valence-electron chi connectivity index (χ0n) is 10.5. The van der Waals surface area contributed by atoms with Crippen LogP contribution in [0.2, 0.25) is 5.02 Å². The van der Waals surface area contributed by atoms with Gasteiger partial charge in [-0.05, 0) is 37.9 Å². The van der Waals surface area contributed by atoms with E-state index in [0.29, 0.717) is 12.6 Å². The molecule has 0 heterocycles. The third-order valence-electron chi connectivity index (χ3n) is 2.91. The molecule has 1 rings (SSSR count). The van der Waals surface area contributed by atoms with Gasteiger partial charge in [-0.2, -0.15) is 0 Å². The fourth-order valence-electron chi connectivity index (χ4n) is 1.85. The molecule has 0 saturated heterocycles. The minimum atomic E-state index is 0.293. The predicted octanol–water partition coefficient (Wildman–Crippen LogP) is 3.54. The van der Waals surface area contributed by atoms with Crippen molar-refractivity contribution in [1.29, 1.82) is 0 Å². The van der Waals surface area contributed by atoms with Crippen LogP contribution in [0.1, 0.15) is 44.2 Å². The summed E-state index contributed by atoms with van der Waals surface area (Å²) in [6, 6.07) is 8.25. The van der Waals surface area contributed by atoms with Crippen LogP contribution in [-0.4, -0.2) is 18.3 Å². The van der Waals surface area contributed by atoms with Crippen LogP contribution in [0, 0.1) is 0 Å². The molecule has 0 fully saturated rings. The van der Waals surface area contributed by atoms with Crippen LogP contribution in [-0.2, 0) is 0 Å². The predicted molar refractivity (Wildman–Crippen MR) is 73.4 cm³/mol. The molecule has 1 aromatic rings. The summed E-state index contributed by atoms with van der Waals surface area (Å²) in [5, 5.41) is 13.0. The topological polar surface area (TPSA) is 32.3 Å². The monoisotopic (exact) mass is 255 g/mol. The quantitative estimate of drug-likeness (QED) is 0.697. The van der Waals surface area contributed by atoms with Crippen molar-refractivity contribution < 1.29 is 5.11 Å². The molecule has 0 spiro atoms. The lowest BCUT2D eigenvalue weighted by Gasteiger charge is -2.15. The van der Waals surface area contributed by atoms with E-state index in [0.717, 1.165) is 36.4 Å². The Morgan fingerprint density at radius 1 is 1.18 bits per heavy atom. The molecule has 1 unspecified atom stereocenters. The molecule has 0 saturated carbocycles. The standard InChI is InChI=1S/C14H22ClNO/c1-12(13-8-4-5-9-14(13)15)16-10-6-2-3-7-11-17/h4-5,8-9,12,16-17H,2-3,6-7,10-11H2,1H3. The van der Waals surface area contributed by atoms with Crippen LogP contribution in [0.4, 0.5) is 0 Å². The zero-order chi connectivity index (χ0) is 12.5. The van der Waals surface area contributed by atoms with Crippen LogP contribution in [0.5, 0.6) is 0 Å². The van der Waals surface area contributed by atoms with E-state index in [2.05, 4.69) is 18.3 Å². The van der Waals surface area contributed by atoms with Gasteiger partial charge in [0.05, 0.1) is 0 Å². The SMILES string of the molecule is CC(NCCCCCCO)c1ccccc1Cl. The summed E-state index contributed by atoms with van der Waals surface area (Å²) in [7, 11) is 0. The van der Waals surface area contributed by atoms with Crippen molar-refractivity contribution in [1.82, 2.24) is 5.32 Å². The lowest BCUT2D eigenvalue weighted by Crippen LogP contribution is -2.20. The van der Waals surface area contributed by atoms with Gasteiger partial charge in [0.2, 0.25) is 0 Å². The van der Waals surface area contributed by atoms with E-state index in [1.54, 1.807) is 0 Å². The molecular weight excluding hydrogens is 234 g/mol. The molecule has 2 nitrogen and oxygen atoms in total. The Bertz CT molecular complexity index is 317. The fraction of sp³-hybridized carbons (Fsp3) is 0.571. The van der Waals surface area contributed by atoms with Gasteiger partial charge in [0, 0.05) is 17.7 Å². The number of halogens is 1. The number of hydrogen-bond donors (Lipinski definition) is 2. The zero-order valence-corrected chi connectivity index (χ0v) is 11.2. The second kappa shape index (κ2) is 8.51. The van der Waals surface area contributed by atoms with Crippen LogP contribution in [0.25, 0.3) is 0 Å². The van der Waals surface area contributed by atoms with Gasteiger partial charge < -0.3 is 10.4 Å². The molecule has 0 bridgehead atoms. The first-order valence-corrected chi connectivity index (χ1v) is 6.72. The molecule has 1 aromatic carbocycles. The minimum Gasteiger partial charge on any atom is -0.396 e. The maximum absolute atomic E-state index is 8.66. The van der Waals surface area contributed by atoms with Crippen molar-refractivity contribution in [3.63, 3.8) is 0 Å². The summed E-state index contributed by atoms with van der Waals surface area (Å²) in [5.41, 5.74) is 1.16. The Hall–Kier alpha value is -0.570. The molecule has 0 aromatic heterocycles. The second-order valence-corrected chi connectivity index (χ2v) is 4.74. The molecule has 17 heavy (non-hydrogen) atoms. The van der Waals surface area contributed by atoms with E-state index in [1.165, 1.54) is 6.42 Å². The first-order valence-electron chi connectivity index (χ1n) is 6.34. The molecular formula is C14H22ClNO. The number of aliphatic hydroxyl groups is 1. The number of rotatable bonds is 8. The van der Waals surface area contributed by atoms with Crippen LogP contribution < -0.4 is 5.32 Å². The number of benzene rings is 1. The summed E-state index contributed by atoms with van der Waals surface area (Å²) < 4.78 is 0. The van der Waals surface area contributed by atoms with E-state index in [1.807, 2.05) is 18.2 Å². The first kappa shape index (κ1) is 14.5. The normalized spacial score (nSPS) is 12.6.